The van der Waals surface area contributed by atoms with Gasteiger partial charge in [-0.25, -0.2) is 4.39 Å². The fourth-order valence-corrected chi connectivity index (χ4v) is 5.70. The predicted molar refractivity (Wildman–Crippen MR) is 174 cm³/mol. The monoisotopic (exact) mass is 599 g/mol. The Morgan fingerprint density at radius 1 is 0.778 bits per heavy atom. The third-order valence-electron chi connectivity index (χ3n) is 8.02. The summed E-state index contributed by atoms with van der Waals surface area (Å²) in [5, 5.41) is 2.73. The molecule has 2 amide bonds. The molecule has 6 rings (SSSR count). The molecule has 0 atom stereocenters. The first-order chi connectivity index (χ1) is 22.0. The molecule has 45 heavy (non-hydrogen) atoms. The Balaban J connectivity index is 1.24. The fraction of sp³-hybridized carbons (Fsp3) is 0.158. The molecule has 1 aliphatic rings. The number of carbonyl (C=O) groups excluding carboxylic acids is 2. The van der Waals surface area contributed by atoms with Crippen LogP contribution >= 0.6 is 0 Å². The minimum Gasteiger partial charge on any atom is -0.455 e. The molecule has 0 radical (unpaired) electrons. The second-order valence-corrected chi connectivity index (χ2v) is 11.1. The summed E-state index contributed by atoms with van der Waals surface area (Å²) in [6.07, 6.45) is 0.772. The second kappa shape index (κ2) is 13.6. The lowest BCUT2D eigenvalue weighted by atomic mass is 10.0. The van der Waals surface area contributed by atoms with E-state index in [9.17, 15) is 14.0 Å². The first-order valence-electron chi connectivity index (χ1n) is 15.0. The van der Waals surface area contributed by atoms with Crippen molar-refractivity contribution in [2.75, 3.05) is 4.90 Å². The number of halogens is 1. The Morgan fingerprint density at radius 3 is 2.42 bits per heavy atom. The summed E-state index contributed by atoms with van der Waals surface area (Å²) in [7, 11) is 0. The zero-order chi connectivity index (χ0) is 31.2. The van der Waals surface area contributed by atoms with Crippen LogP contribution in [0.15, 0.2) is 115 Å². The molecular formula is C38H34FN3O3. The molecule has 0 aliphatic heterocycles. The molecule has 0 saturated carbocycles. The Kier molecular flexibility index (Phi) is 8.99. The van der Waals surface area contributed by atoms with Crippen molar-refractivity contribution >= 4 is 17.5 Å². The van der Waals surface area contributed by atoms with E-state index in [0.717, 1.165) is 17.5 Å². The molecule has 5 aromatic carbocycles. The average Bonchev–Trinajstić information content (AvgIpc) is 3.44. The summed E-state index contributed by atoms with van der Waals surface area (Å²) in [4.78, 5) is 28.3. The van der Waals surface area contributed by atoms with Crippen LogP contribution in [0, 0.1) is 5.82 Å². The van der Waals surface area contributed by atoms with E-state index in [4.69, 9.17) is 10.5 Å². The molecule has 3 N–H and O–H groups in total. The molecule has 0 saturated heterocycles. The number of ether oxygens (including phenoxy) is 1. The van der Waals surface area contributed by atoms with Crippen molar-refractivity contribution in [2.24, 2.45) is 5.73 Å². The number of fused-ring (bicyclic) bond motifs is 3. The normalized spacial score (nSPS) is 11.4. The van der Waals surface area contributed by atoms with Crippen LogP contribution in [-0.2, 0) is 35.6 Å². The number of hydrogen-bond acceptors (Lipinski definition) is 4. The molecule has 0 spiro atoms. The minimum absolute atomic E-state index is 0.0313. The number of amides is 2. The van der Waals surface area contributed by atoms with Gasteiger partial charge < -0.3 is 20.7 Å². The lowest BCUT2D eigenvalue weighted by Crippen LogP contribution is -2.32. The van der Waals surface area contributed by atoms with Crippen molar-refractivity contribution in [1.29, 1.82) is 0 Å². The highest BCUT2D eigenvalue weighted by Crippen LogP contribution is 2.38. The van der Waals surface area contributed by atoms with Crippen LogP contribution in [0.25, 0.3) is 11.1 Å². The number of nitrogens with one attached hydrogen (secondary N) is 1. The smallest absolute Gasteiger partial charge is 0.227 e. The molecule has 0 heterocycles. The van der Waals surface area contributed by atoms with Gasteiger partial charge in [-0.15, -0.1) is 0 Å². The number of nitrogens with zero attached hydrogens (tertiary/aromatic N) is 1. The third-order valence-corrected chi connectivity index (χ3v) is 8.02. The molecular weight excluding hydrogens is 565 g/mol. The summed E-state index contributed by atoms with van der Waals surface area (Å²) in [6, 6.07) is 35.9. The van der Waals surface area contributed by atoms with E-state index in [1.54, 1.807) is 23.1 Å². The number of carbonyl (C=O) groups is 2. The van der Waals surface area contributed by atoms with Crippen molar-refractivity contribution in [3.63, 3.8) is 0 Å². The summed E-state index contributed by atoms with van der Waals surface area (Å²) in [5.41, 5.74) is 13.7. The summed E-state index contributed by atoms with van der Waals surface area (Å²) in [6.45, 7) is 0.729. The first-order valence-corrected chi connectivity index (χ1v) is 15.0. The van der Waals surface area contributed by atoms with E-state index in [0.29, 0.717) is 35.8 Å². The van der Waals surface area contributed by atoms with E-state index < -0.39 is 0 Å². The minimum atomic E-state index is -0.383. The topological polar surface area (TPSA) is 84.7 Å². The maximum Gasteiger partial charge on any atom is 0.227 e. The SMILES string of the molecule is NCc1cccc(Oc2ccccc2N(Cc2ccc3c(c2)Cc2ccccc2-3)C(=O)CCC(=O)NCc2ccccc2F)c1. The highest BCUT2D eigenvalue weighted by Gasteiger charge is 2.23. The Bertz CT molecular complexity index is 1850. The van der Waals surface area contributed by atoms with Gasteiger partial charge in [-0.1, -0.05) is 84.9 Å². The van der Waals surface area contributed by atoms with Gasteiger partial charge in [0.05, 0.1) is 12.2 Å². The van der Waals surface area contributed by atoms with Gasteiger partial charge in [0.1, 0.15) is 11.6 Å². The molecule has 6 nitrogen and oxygen atoms in total. The van der Waals surface area contributed by atoms with Crippen LogP contribution in [0.3, 0.4) is 0 Å². The standard InChI is InChI=1S/C38H34FN3O3/c39-34-13-4-2-10-29(34)24-41-37(43)18-19-38(44)42(25-27-16-17-33-30(20-27)22-28-9-1-3-12-32(28)33)35-14-5-6-15-36(35)45-31-11-7-8-26(21-31)23-40/h1-17,20-21H,18-19,22-25,40H2,(H,41,43). The zero-order valence-electron chi connectivity index (χ0n) is 24.8. The van der Waals surface area contributed by atoms with Crippen LogP contribution in [0.5, 0.6) is 11.5 Å². The molecule has 7 heteroatoms. The molecule has 0 bridgehead atoms. The van der Waals surface area contributed by atoms with Crippen LogP contribution in [-0.4, -0.2) is 11.8 Å². The number of rotatable bonds is 11. The van der Waals surface area contributed by atoms with Crippen LogP contribution in [0.2, 0.25) is 0 Å². The average molecular weight is 600 g/mol. The Labute approximate surface area is 262 Å². The molecule has 0 unspecified atom stereocenters. The summed E-state index contributed by atoms with van der Waals surface area (Å²) >= 11 is 0. The zero-order valence-corrected chi connectivity index (χ0v) is 24.8. The number of hydrogen-bond donors (Lipinski definition) is 2. The van der Waals surface area contributed by atoms with Gasteiger partial charge in [0.2, 0.25) is 11.8 Å². The van der Waals surface area contributed by atoms with Crippen LogP contribution < -0.4 is 20.7 Å². The van der Waals surface area contributed by atoms with Gasteiger partial charge in [-0.05, 0) is 70.1 Å². The van der Waals surface area contributed by atoms with E-state index >= 15 is 0 Å². The van der Waals surface area contributed by atoms with Crippen molar-refractivity contribution in [2.45, 2.75) is 38.9 Å². The number of para-hydroxylation sites is 2. The van der Waals surface area contributed by atoms with Gasteiger partial charge in [0.15, 0.2) is 5.75 Å². The highest BCUT2D eigenvalue weighted by atomic mass is 19.1. The fourth-order valence-electron chi connectivity index (χ4n) is 5.70. The van der Waals surface area contributed by atoms with Crippen molar-refractivity contribution in [3.8, 4) is 22.6 Å². The number of benzene rings is 5. The maximum atomic E-state index is 14.0. The van der Waals surface area contributed by atoms with Crippen molar-refractivity contribution < 1.29 is 18.7 Å². The molecule has 0 fully saturated rings. The summed E-state index contributed by atoms with van der Waals surface area (Å²) in [5.74, 6) is 0.181. The quantitative estimate of drug-likeness (QED) is 0.164. The van der Waals surface area contributed by atoms with Gasteiger partial charge >= 0.3 is 0 Å². The largest absolute Gasteiger partial charge is 0.455 e. The lowest BCUT2D eigenvalue weighted by molar-refractivity contribution is -0.125. The van der Waals surface area contributed by atoms with Gasteiger partial charge in [0.25, 0.3) is 0 Å². The van der Waals surface area contributed by atoms with Crippen LogP contribution in [0.4, 0.5) is 10.1 Å². The maximum absolute atomic E-state index is 14.0. The van der Waals surface area contributed by atoms with Crippen LogP contribution in [0.1, 0.15) is 40.7 Å². The van der Waals surface area contributed by atoms with Gasteiger partial charge in [-0.3, -0.25) is 9.59 Å². The number of anilines is 1. The van der Waals surface area contributed by atoms with Crippen molar-refractivity contribution in [3.05, 3.63) is 149 Å². The van der Waals surface area contributed by atoms with E-state index in [1.165, 1.54) is 28.3 Å². The third kappa shape index (κ3) is 6.95. The van der Waals surface area contributed by atoms with Gasteiger partial charge in [0, 0.05) is 31.5 Å². The summed E-state index contributed by atoms with van der Waals surface area (Å²) < 4.78 is 20.3. The number of nitrogens with two attached hydrogens (primary N) is 1. The molecule has 1 aliphatic carbocycles. The highest BCUT2D eigenvalue weighted by molar-refractivity contribution is 5.96. The Morgan fingerprint density at radius 2 is 1.56 bits per heavy atom. The van der Waals surface area contributed by atoms with E-state index in [1.807, 2.05) is 48.5 Å². The molecule has 226 valence electrons. The molecule has 5 aromatic rings. The first kappa shape index (κ1) is 29.8. The Hall–Kier alpha value is -5.27. The van der Waals surface area contributed by atoms with E-state index in [2.05, 4.69) is 47.8 Å². The van der Waals surface area contributed by atoms with E-state index in [-0.39, 0.29) is 37.0 Å². The van der Waals surface area contributed by atoms with Gasteiger partial charge in [-0.2, -0.15) is 0 Å². The predicted octanol–water partition coefficient (Wildman–Crippen LogP) is 7.28. The lowest BCUT2D eigenvalue weighted by Gasteiger charge is -2.26. The second-order valence-electron chi connectivity index (χ2n) is 11.1. The molecule has 0 aromatic heterocycles. The van der Waals surface area contributed by atoms with Crippen molar-refractivity contribution in [1.82, 2.24) is 5.32 Å².